The number of primary sulfonamides is 1. The molecule has 0 fully saturated rings. The number of rotatable bonds is 6. The van der Waals surface area contributed by atoms with Crippen LogP contribution in [0.5, 0.6) is 0 Å². The van der Waals surface area contributed by atoms with Crippen molar-refractivity contribution in [3.8, 4) is 0 Å². The van der Waals surface area contributed by atoms with Gasteiger partial charge < -0.3 is 10.1 Å². The minimum atomic E-state index is -4.12. The lowest BCUT2D eigenvalue weighted by Gasteiger charge is -1.94. The van der Waals surface area contributed by atoms with Crippen LogP contribution in [0, 0.1) is 10.1 Å². The van der Waals surface area contributed by atoms with Crippen LogP contribution < -0.4 is 5.14 Å². The molecule has 1 heterocycles. The van der Waals surface area contributed by atoms with Gasteiger partial charge in [0, 0.05) is 0 Å². The van der Waals surface area contributed by atoms with E-state index in [9.17, 15) is 18.5 Å². The van der Waals surface area contributed by atoms with Crippen LogP contribution >= 0.6 is 11.8 Å². The molecule has 1 aromatic heterocycles. The highest BCUT2D eigenvalue weighted by molar-refractivity contribution is 7.98. The zero-order valence-electron chi connectivity index (χ0n) is 9.07. The van der Waals surface area contributed by atoms with Crippen LogP contribution in [0.25, 0.3) is 0 Å². The second kappa shape index (κ2) is 5.47. The molecule has 0 aromatic carbocycles. The Morgan fingerprint density at radius 3 is 2.71 bits per heavy atom. The summed E-state index contributed by atoms with van der Waals surface area (Å²) in [6.07, 6.45) is 3.76. The molecule has 0 amide bonds. The van der Waals surface area contributed by atoms with Crippen LogP contribution in [-0.2, 0) is 16.6 Å². The summed E-state index contributed by atoms with van der Waals surface area (Å²) in [5.74, 6) is 0.134. The van der Waals surface area contributed by atoms with Gasteiger partial charge in [0.05, 0.1) is 17.8 Å². The Morgan fingerprint density at radius 2 is 2.29 bits per heavy atom. The fourth-order valence-corrected chi connectivity index (χ4v) is 2.26. The van der Waals surface area contributed by atoms with Gasteiger partial charge in [0.15, 0.2) is 0 Å². The summed E-state index contributed by atoms with van der Waals surface area (Å²) in [6, 6.07) is 0. The lowest BCUT2D eigenvalue weighted by molar-refractivity contribution is -0.392. The number of thioether (sulfide) groups is 1. The van der Waals surface area contributed by atoms with Crippen LogP contribution in [-0.4, -0.2) is 35.1 Å². The Morgan fingerprint density at radius 1 is 1.65 bits per heavy atom. The maximum Gasteiger partial charge on any atom is 0.410 e. The van der Waals surface area contributed by atoms with Gasteiger partial charge in [-0.05, 0) is 23.4 Å². The molecule has 0 aliphatic rings. The summed E-state index contributed by atoms with van der Waals surface area (Å²) in [4.78, 5) is 9.21. The first-order valence-electron chi connectivity index (χ1n) is 4.60. The number of aromatic nitrogens is 2. The molecule has 0 aliphatic carbocycles. The fraction of sp³-hybridized carbons (Fsp3) is 0.571. The highest BCUT2D eigenvalue weighted by Crippen LogP contribution is 2.20. The van der Waals surface area contributed by atoms with E-state index >= 15 is 0 Å². The lowest BCUT2D eigenvalue weighted by Crippen LogP contribution is -2.13. The predicted octanol–water partition coefficient (Wildman–Crippen LogP) is 0.192. The SMILES string of the molecule is CSCCCn1cc(S(N)(=O)=O)c([N+](=O)[O-])n1. The zero-order chi connectivity index (χ0) is 13.1. The minimum Gasteiger partial charge on any atom is -0.358 e. The number of hydrogen-bond acceptors (Lipinski definition) is 6. The Bertz CT molecular complexity index is 510. The third-order valence-corrected chi connectivity index (χ3v) is 3.52. The average molecular weight is 280 g/mol. The van der Waals surface area contributed by atoms with E-state index in [0.29, 0.717) is 6.54 Å². The van der Waals surface area contributed by atoms with Crippen LogP contribution in [0.1, 0.15) is 6.42 Å². The molecule has 1 aromatic rings. The van der Waals surface area contributed by atoms with Crippen molar-refractivity contribution < 1.29 is 13.3 Å². The number of nitro groups is 1. The Balaban J connectivity index is 3.01. The van der Waals surface area contributed by atoms with Crippen LogP contribution in [0.3, 0.4) is 0 Å². The fourth-order valence-electron chi connectivity index (χ4n) is 1.21. The van der Waals surface area contributed by atoms with Crippen molar-refractivity contribution in [2.24, 2.45) is 5.14 Å². The van der Waals surface area contributed by atoms with Crippen LogP contribution in [0.2, 0.25) is 0 Å². The van der Waals surface area contributed by atoms with Gasteiger partial charge in [-0.2, -0.15) is 16.4 Å². The average Bonchev–Trinajstić information content (AvgIpc) is 2.62. The van der Waals surface area contributed by atoms with E-state index in [0.717, 1.165) is 18.4 Å². The Labute approximate surface area is 102 Å². The van der Waals surface area contributed by atoms with E-state index in [1.54, 1.807) is 11.8 Å². The van der Waals surface area contributed by atoms with Gasteiger partial charge in [0.1, 0.15) is 0 Å². The standard InChI is InChI=1S/C7H12N4O4S2/c1-16-4-2-3-10-5-6(17(8,14)15)7(9-10)11(12)13/h5H,2-4H2,1H3,(H2,8,14,15). The minimum absolute atomic E-state index is 0.414. The zero-order valence-corrected chi connectivity index (χ0v) is 10.7. The molecule has 0 saturated heterocycles. The molecule has 0 aliphatic heterocycles. The monoisotopic (exact) mass is 280 g/mol. The number of hydrogen-bond donors (Lipinski definition) is 1. The van der Waals surface area contributed by atoms with E-state index in [2.05, 4.69) is 5.10 Å². The summed E-state index contributed by atoms with van der Waals surface area (Å²) >= 11 is 1.63. The molecular weight excluding hydrogens is 268 g/mol. The molecule has 0 radical (unpaired) electrons. The molecule has 0 atom stereocenters. The smallest absolute Gasteiger partial charge is 0.358 e. The first kappa shape index (κ1) is 13.9. The third-order valence-electron chi connectivity index (χ3n) is 1.92. The molecule has 10 heteroatoms. The van der Waals surface area contributed by atoms with Crippen molar-refractivity contribution in [3.05, 3.63) is 16.3 Å². The van der Waals surface area contributed by atoms with Gasteiger partial charge in [0.2, 0.25) is 14.9 Å². The van der Waals surface area contributed by atoms with Gasteiger partial charge in [-0.15, -0.1) is 0 Å². The Hall–Kier alpha value is -1.13. The summed E-state index contributed by atoms with van der Waals surface area (Å²) in [5, 5.41) is 19.1. The van der Waals surface area contributed by atoms with Crippen LogP contribution in [0.4, 0.5) is 5.82 Å². The summed E-state index contributed by atoms with van der Waals surface area (Å²) in [5.41, 5.74) is 0. The largest absolute Gasteiger partial charge is 0.410 e. The molecule has 0 saturated carbocycles. The first-order chi connectivity index (χ1) is 7.86. The highest BCUT2D eigenvalue weighted by Gasteiger charge is 2.28. The van der Waals surface area contributed by atoms with Crippen molar-refractivity contribution in [1.82, 2.24) is 9.78 Å². The van der Waals surface area contributed by atoms with E-state index in [4.69, 9.17) is 5.14 Å². The molecule has 0 unspecified atom stereocenters. The second-order valence-electron chi connectivity index (χ2n) is 3.23. The molecule has 0 spiro atoms. The number of sulfonamides is 1. The number of nitrogens with zero attached hydrogens (tertiary/aromatic N) is 3. The summed E-state index contributed by atoms with van der Waals surface area (Å²) in [7, 11) is -4.12. The molecule has 17 heavy (non-hydrogen) atoms. The molecule has 1 rings (SSSR count). The molecule has 2 N–H and O–H groups in total. The van der Waals surface area contributed by atoms with Gasteiger partial charge in [0.25, 0.3) is 0 Å². The van der Waals surface area contributed by atoms with Crippen molar-refractivity contribution in [3.63, 3.8) is 0 Å². The van der Waals surface area contributed by atoms with Crippen molar-refractivity contribution in [1.29, 1.82) is 0 Å². The Kier molecular flexibility index (Phi) is 4.48. The summed E-state index contributed by atoms with van der Waals surface area (Å²) in [6.45, 7) is 0.414. The van der Waals surface area contributed by atoms with E-state index in [1.165, 1.54) is 4.68 Å². The molecule has 96 valence electrons. The van der Waals surface area contributed by atoms with Gasteiger partial charge in [-0.25, -0.2) is 13.6 Å². The van der Waals surface area contributed by atoms with Gasteiger partial charge >= 0.3 is 5.82 Å². The second-order valence-corrected chi connectivity index (χ2v) is 5.74. The lowest BCUT2D eigenvalue weighted by atomic mass is 10.5. The van der Waals surface area contributed by atoms with E-state index < -0.39 is 25.7 Å². The van der Waals surface area contributed by atoms with Crippen molar-refractivity contribution >= 4 is 27.6 Å². The predicted molar refractivity (Wildman–Crippen MR) is 63.3 cm³/mol. The molecular formula is C7H12N4O4S2. The normalized spacial score (nSPS) is 11.6. The third kappa shape index (κ3) is 3.68. The first-order valence-corrected chi connectivity index (χ1v) is 7.54. The number of aryl methyl sites for hydroxylation is 1. The maximum absolute atomic E-state index is 11.1. The van der Waals surface area contributed by atoms with Crippen LogP contribution in [0.15, 0.2) is 11.1 Å². The van der Waals surface area contributed by atoms with Gasteiger partial charge in [-0.3, -0.25) is 0 Å². The van der Waals surface area contributed by atoms with E-state index in [1.807, 2.05) is 6.26 Å². The van der Waals surface area contributed by atoms with Crippen molar-refractivity contribution in [2.75, 3.05) is 12.0 Å². The van der Waals surface area contributed by atoms with E-state index in [-0.39, 0.29) is 0 Å². The summed E-state index contributed by atoms with van der Waals surface area (Å²) < 4.78 is 23.5. The topological polar surface area (TPSA) is 121 Å². The molecule has 8 nitrogen and oxygen atoms in total. The highest BCUT2D eigenvalue weighted by atomic mass is 32.2. The molecule has 0 bridgehead atoms. The number of nitrogens with two attached hydrogens (primary N) is 1. The quantitative estimate of drug-likeness (QED) is 0.451. The van der Waals surface area contributed by atoms with Crippen molar-refractivity contribution in [2.45, 2.75) is 17.9 Å². The maximum atomic E-state index is 11.1. The van der Waals surface area contributed by atoms with Gasteiger partial charge in [-0.1, -0.05) is 0 Å².